The fourth-order valence-electron chi connectivity index (χ4n) is 4.94. The second-order valence-electron chi connectivity index (χ2n) is 8.56. The Morgan fingerprint density at radius 1 is 0.939 bits per heavy atom. The molecule has 0 unspecified atom stereocenters. The number of hydrogen-bond donors (Lipinski definition) is 1. The molecule has 2 aromatic carbocycles. The smallest absolute Gasteiger partial charge is 0.260 e. The van der Waals surface area contributed by atoms with Gasteiger partial charge in [0.25, 0.3) is 5.89 Å². The van der Waals surface area contributed by atoms with Crippen molar-refractivity contribution in [2.24, 2.45) is 0 Å². The van der Waals surface area contributed by atoms with Crippen LogP contribution in [0, 0.1) is 27.7 Å². The van der Waals surface area contributed by atoms with E-state index in [1.165, 1.54) is 5.56 Å². The average Bonchev–Trinajstić information content (AvgIpc) is 3.36. The number of methoxy groups -OCH3 is 2. The van der Waals surface area contributed by atoms with Crippen LogP contribution >= 0.6 is 0 Å². The molecule has 1 N–H and O–H groups in total. The van der Waals surface area contributed by atoms with Crippen molar-refractivity contribution in [1.82, 2.24) is 14.7 Å². The fraction of sp³-hybridized carbons (Fsp3) is 0.308. The number of aromatic hydroxyl groups is 1. The van der Waals surface area contributed by atoms with Crippen LogP contribution in [0.25, 0.3) is 33.8 Å². The van der Waals surface area contributed by atoms with Crippen LogP contribution in [0.1, 0.15) is 28.2 Å². The van der Waals surface area contributed by atoms with Crippen LogP contribution in [-0.4, -0.2) is 34.0 Å². The second kappa shape index (κ2) is 7.69. The number of phenolic OH excluding ortho intramolecular Hbond substituents is 1. The summed E-state index contributed by atoms with van der Waals surface area (Å²) in [4.78, 5) is 4.60. The molecule has 3 heterocycles. The van der Waals surface area contributed by atoms with E-state index in [0.29, 0.717) is 29.0 Å². The molecule has 7 heteroatoms. The summed E-state index contributed by atoms with van der Waals surface area (Å²) >= 11 is 0. The lowest BCUT2D eigenvalue weighted by molar-refractivity contribution is 0.354. The van der Waals surface area contributed by atoms with Gasteiger partial charge in [0.05, 0.1) is 25.5 Å². The van der Waals surface area contributed by atoms with E-state index in [1.807, 2.05) is 39.0 Å². The maximum absolute atomic E-state index is 10.4. The van der Waals surface area contributed by atoms with Gasteiger partial charge >= 0.3 is 0 Å². The van der Waals surface area contributed by atoms with Crippen molar-refractivity contribution in [3.05, 3.63) is 52.5 Å². The van der Waals surface area contributed by atoms with Crippen molar-refractivity contribution < 1.29 is 19.1 Å². The Labute approximate surface area is 192 Å². The van der Waals surface area contributed by atoms with Gasteiger partial charge < -0.3 is 23.7 Å². The van der Waals surface area contributed by atoms with Crippen molar-refractivity contribution in [2.75, 3.05) is 14.2 Å². The molecule has 0 fully saturated rings. The predicted molar refractivity (Wildman–Crippen MR) is 126 cm³/mol. The maximum atomic E-state index is 10.4. The molecule has 0 amide bonds. The van der Waals surface area contributed by atoms with Crippen LogP contribution in [0.2, 0.25) is 0 Å². The molecule has 5 rings (SSSR count). The largest absolute Gasteiger partial charge is 0.507 e. The van der Waals surface area contributed by atoms with Gasteiger partial charge in [-0.25, -0.2) is 0 Å². The van der Waals surface area contributed by atoms with Crippen molar-refractivity contribution in [1.29, 1.82) is 0 Å². The minimum absolute atomic E-state index is 0.317. The summed E-state index contributed by atoms with van der Waals surface area (Å²) in [6.07, 6.45) is 0.869. The molecule has 7 nitrogen and oxygen atoms in total. The molecule has 2 aromatic heterocycles. The first-order valence-electron chi connectivity index (χ1n) is 10.9. The van der Waals surface area contributed by atoms with E-state index in [-0.39, 0.29) is 0 Å². The molecular weight excluding hydrogens is 418 g/mol. The van der Waals surface area contributed by atoms with E-state index >= 15 is 0 Å². The third-order valence-electron chi connectivity index (χ3n) is 6.51. The van der Waals surface area contributed by atoms with E-state index in [1.54, 1.807) is 14.2 Å². The Balaban J connectivity index is 1.87. The van der Waals surface area contributed by atoms with Crippen molar-refractivity contribution in [2.45, 2.75) is 40.7 Å². The van der Waals surface area contributed by atoms with Crippen LogP contribution in [0.4, 0.5) is 0 Å². The molecule has 33 heavy (non-hydrogen) atoms. The lowest BCUT2D eigenvalue weighted by Crippen LogP contribution is -2.12. The number of hydrogen-bond acceptors (Lipinski definition) is 6. The number of aromatic nitrogens is 3. The van der Waals surface area contributed by atoms with Crippen LogP contribution in [0.5, 0.6) is 17.2 Å². The van der Waals surface area contributed by atoms with E-state index in [4.69, 9.17) is 14.0 Å². The van der Waals surface area contributed by atoms with E-state index in [0.717, 1.165) is 57.7 Å². The fourth-order valence-corrected chi connectivity index (χ4v) is 4.94. The molecule has 0 spiro atoms. The summed E-state index contributed by atoms with van der Waals surface area (Å²) in [7, 11) is 3.30. The molecule has 0 saturated carbocycles. The summed E-state index contributed by atoms with van der Waals surface area (Å²) in [6, 6.07) is 8.11. The summed E-state index contributed by atoms with van der Waals surface area (Å²) in [5.41, 5.74) is 8.97. The minimum atomic E-state index is 0.317. The number of rotatable bonds is 4. The summed E-state index contributed by atoms with van der Waals surface area (Å²) in [6.45, 7) is 8.59. The van der Waals surface area contributed by atoms with Crippen LogP contribution in [0.3, 0.4) is 0 Å². The van der Waals surface area contributed by atoms with Gasteiger partial charge in [0.1, 0.15) is 5.75 Å². The quantitative estimate of drug-likeness (QED) is 0.454. The van der Waals surface area contributed by atoms with E-state index in [2.05, 4.69) is 27.7 Å². The molecule has 0 bridgehead atoms. The average molecular weight is 446 g/mol. The summed E-state index contributed by atoms with van der Waals surface area (Å²) in [5, 5.41) is 14.4. The van der Waals surface area contributed by atoms with Crippen LogP contribution in [0.15, 0.2) is 28.8 Å². The first kappa shape index (κ1) is 21.1. The standard InChI is InChI=1S/C26H27N3O4/c1-13-9-18(10-14(2)25(13)30)22-15(3)29-8-7-17-11-20(31-5)21(32-6)12-19(17)24(29)23(22)26-27-16(4)28-33-26/h9-12,30H,7-8H2,1-6H3. The first-order chi connectivity index (χ1) is 15.8. The minimum Gasteiger partial charge on any atom is -0.507 e. The van der Waals surface area contributed by atoms with Gasteiger partial charge in [0.15, 0.2) is 17.3 Å². The zero-order valence-electron chi connectivity index (χ0n) is 19.7. The number of nitrogens with zero attached hydrogens (tertiary/aromatic N) is 3. The Hall–Kier alpha value is -3.74. The van der Waals surface area contributed by atoms with Crippen LogP contribution in [-0.2, 0) is 13.0 Å². The van der Waals surface area contributed by atoms with Gasteiger partial charge in [-0.1, -0.05) is 5.16 Å². The molecule has 170 valence electrons. The van der Waals surface area contributed by atoms with Gasteiger partial charge in [-0.3, -0.25) is 0 Å². The van der Waals surface area contributed by atoms with Gasteiger partial charge in [0, 0.05) is 23.4 Å². The maximum Gasteiger partial charge on any atom is 0.260 e. The highest BCUT2D eigenvalue weighted by Gasteiger charge is 2.31. The lowest BCUT2D eigenvalue weighted by Gasteiger charge is -2.23. The highest BCUT2D eigenvalue weighted by Crippen LogP contribution is 2.49. The number of phenols is 1. The normalized spacial score (nSPS) is 12.4. The summed E-state index contributed by atoms with van der Waals surface area (Å²) < 4.78 is 19.2. The number of ether oxygens (including phenoxy) is 2. The SMILES string of the molecule is COc1cc2c(cc1OC)-c1c(-c3nc(C)no3)c(-c3cc(C)c(O)c(C)c3)c(C)n1CC2. The Morgan fingerprint density at radius 2 is 1.61 bits per heavy atom. The number of aryl methyl sites for hydroxylation is 4. The molecule has 4 aromatic rings. The monoisotopic (exact) mass is 445 g/mol. The topological polar surface area (TPSA) is 82.5 Å². The molecule has 0 radical (unpaired) electrons. The predicted octanol–water partition coefficient (Wildman–Crippen LogP) is 5.38. The Bertz CT molecular complexity index is 1370. The second-order valence-corrected chi connectivity index (χ2v) is 8.56. The molecule has 1 aliphatic rings. The first-order valence-corrected chi connectivity index (χ1v) is 10.9. The summed E-state index contributed by atoms with van der Waals surface area (Å²) in [5.74, 6) is 2.76. The molecule has 0 aliphatic carbocycles. The Kier molecular flexibility index (Phi) is 4.92. The third kappa shape index (κ3) is 3.18. The van der Waals surface area contributed by atoms with Gasteiger partial charge in [-0.15, -0.1) is 0 Å². The van der Waals surface area contributed by atoms with E-state index in [9.17, 15) is 5.11 Å². The number of fused-ring (bicyclic) bond motifs is 3. The molecule has 0 atom stereocenters. The van der Waals surface area contributed by atoms with Crippen molar-refractivity contribution in [3.8, 4) is 51.1 Å². The molecular formula is C26H27N3O4. The number of benzene rings is 2. The lowest BCUT2D eigenvalue weighted by atomic mass is 9.92. The third-order valence-corrected chi connectivity index (χ3v) is 6.51. The molecule has 1 aliphatic heterocycles. The Morgan fingerprint density at radius 3 is 2.21 bits per heavy atom. The zero-order chi connectivity index (χ0) is 23.4. The van der Waals surface area contributed by atoms with Gasteiger partial charge in [-0.05, 0) is 80.6 Å². The van der Waals surface area contributed by atoms with Crippen molar-refractivity contribution >= 4 is 0 Å². The van der Waals surface area contributed by atoms with Crippen molar-refractivity contribution in [3.63, 3.8) is 0 Å². The van der Waals surface area contributed by atoms with Crippen LogP contribution < -0.4 is 9.47 Å². The van der Waals surface area contributed by atoms with E-state index < -0.39 is 0 Å². The van der Waals surface area contributed by atoms with Gasteiger partial charge in [-0.2, -0.15) is 4.98 Å². The highest BCUT2D eigenvalue weighted by molar-refractivity contribution is 5.95. The molecule has 0 saturated heterocycles. The zero-order valence-corrected chi connectivity index (χ0v) is 19.7. The van der Waals surface area contributed by atoms with Gasteiger partial charge in [0.2, 0.25) is 0 Å². The highest BCUT2D eigenvalue weighted by atomic mass is 16.5.